The Kier molecular flexibility index (Phi) is 6.43. The zero-order chi connectivity index (χ0) is 22.0. The molecule has 0 aromatic heterocycles. The number of ether oxygens (including phenoxy) is 2. The molecule has 31 heavy (non-hydrogen) atoms. The number of benzene rings is 1. The maximum atomic E-state index is 13.6. The van der Waals surface area contributed by atoms with Gasteiger partial charge >= 0.3 is 0 Å². The molecule has 0 radical (unpaired) electrons. The molecule has 1 N–H and O–H groups in total. The second kappa shape index (κ2) is 9.08. The topological polar surface area (TPSA) is 67.0 Å². The van der Waals surface area contributed by atoms with Gasteiger partial charge in [0.1, 0.15) is 6.54 Å². The van der Waals surface area contributed by atoms with E-state index < -0.39 is 0 Å². The van der Waals surface area contributed by atoms with Crippen molar-refractivity contribution in [1.29, 1.82) is 5.26 Å². The summed E-state index contributed by atoms with van der Waals surface area (Å²) < 4.78 is 11.0. The minimum atomic E-state index is -0.00335. The third kappa shape index (κ3) is 4.39. The van der Waals surface area contributed by atoms with E-state index in [1.165, 1.54) is 19.3 Å². The summed E-state index contributed by atoms with van der Waals surface area (Å²) in [6.07, 6.45) is 7.87. The van der Waals surface area contributed by atoms with Crippen molar-refractivity contribution in [3.63, 3.8) is 0 Å². The Bertz CT molecular complexity index is 812. The molecular formula is C25H36N3O3+. The highest BCUT2D eigenvalue weighted by atomic mass is 16.5. The first-order valence-corrected chi connectivity index (χ1v) is 11.7. The van der Waals surface area contributed by atoms with E-state index in [0.29, 0.717) is 31.8 Å². The summed E-state index contributed by atoms with van der Waals surface area (Å²) in [6.45, 7) is 1.67. The predicted octanol–water partition coefficient (Wildman–Crippen LogP) is 2.43. The fourth-order valence-corrected chi connectivity index (χ4v) is 7.02. The Balaban J connectivity index is 1.48. The molecule has 6 heteroatoms. The van der Waals surface area contributed by atoms with Crippen LogP contribution in [0.1, 0.15) is 50.5 Å². The molecule has 4 aliphatic carbocycles. The quantitative estimate of drug-likeness (QED) is 0.659. The lowest BCUT2D eigenvalue weighted by Crippen LogP contribution is -3.09. The van der Waals surface area contributed by atoms with Crippen LogP contribution in [0.3, 0.4) is 0 Å². The molecule has 0 aliphatic heterocycles. The molecule has 1 aromatic rings. The highest BCUT2D eigenvalue weighted by molar-refractivity contribution is 5.78. The summed E-state index contributed by atoms with van der Waals surface area (Å²) in [5, 5.41) is 9.24. The van der Waals surface area contributed by atoms with Crippen LogP contribution in [0.25, 0.3) is 0 Å². The fourth-order valence-electron chi connectivity index (χ4n) is 7.02. The molecule has 1 atom stereocenters. The molecule has 0 saturated heterocycles. The standard InChI is InChI=1S/C25H35N3O3/c1-27(16-21-6-4-7-22(30-2)24(21)31-3)17-23(29)28(9-5-8-26)25-13-18-10-19(14-25)12-20(11-18)15-25/h4,6-7,18-20H,5,9-17H2,1-3H3/p+1. The molecule has 1 amide bonds. The third-order valence-corrected chi connectivity index (χ3v) is 7.76. The molecule has 5 rings (SSSR count). The summed E-state index contributed by atoms with van der Waals surface area (Å²) >= 11 is 0. The number of hydrogen-bond donors (Lipinski definition) is 1. The molecule has 0 spiro atoms. The Morgan fingerprint density at radius 1 is 1.16 bits per heavy atom. The number of rotatable bonds is 9. The molecule has 168 valence electrons. The number of para-hydroxylation sites is 1. The number of methoxy groups -OCH3 is 2. The SMILES string of the molecule is COc1cccc(C[NH+](C)CC(=O)N(CCC#N)C23CC4CC(CC(C4)C2)C3)c1OC. The van der Waals surface area contributed by atoms with Crippen molar-refractivity contribution in [3.05, 3.63) is 23.8 Å². The summed E-state index contributed by atoms with van der Waals surface area (Å²) in [5.41, 5.74) is 1.03. The van der Waals surface area contributed by atoms with E-state index >= 15 is 0 Å². The Morgan fingerprint density at radius 3 is 2.35 bits per heavy atom. The van der Waals surface area contributed by atoms with Crippen LogP contribution in [0.5, 0.6) is 11.5 Å². The van der Waals surface area contributed by atoms with Crippen molar-refractivity contribution in [2.75, 3.05) is 34.4 Å². The van der Waals surface area contributed by atoms with Gasteiger partial charge in [-0.1, -0.05) is 6.07 Å². The number of carbonyl (C=O) groups is 1. The molecule has 4 aliphatic rings. The number of carbonyl (C=O) groups excluding carboxylic acids is 1. The van der Waals surface area contributed by atoms with Crippen molar-refractivity contribution < 1.29 is 19.2 Å². The average molecular weight is 427 g/mol. The van der Waals surface area contributed by atoms with E-state index in [9.17, 15) is 10.1 Å². The number of hydrogen-bond acceptors (Lipinski definition) is 4. The number of nitriles is 1. The normalized spacial score (nSPS) is 29.3. The van der Waals surface area contributed by atoms with Crippen LogP contribution in [0.4, 0.5) is 0 Å². The molecule has 4 fully saturated rings. The van der Waals surface area contributed by atoms with Gasteiger partial charge in [-0.3, -0.25) is 4.79 Å². The van der Waals surface area contributed by atoms with Gasteiger partial charge in [0, 0.05) is 12.1 Å². The molecule has 1 unspecified atom stereocenters. The van der Waals surface area contributed by atoms with Crippen LogP contribution < -0.4 is 14.4 Å². The summed E-state index contributed by atoms with van der Waals surface area (Å²) in [6, 6.07) is 8.15. The lowest BCUT2D eigenvalue weighted by Gasteiger charge is -2.60. The van der Waals surface area contributed by atoms with Crippen molar-refractivity contribution in [2.24, 2.45) is 17.8 Å². The van der Waals surface area contributed by atoms with Gasteiger partial charge in [0.2, 0.25) is 0 Å². The van der Waals surface area contributed by atoms with Crippen LogP contribution in [-0.2, 0) is 11.3 Å². The minimum Gasteiger partial charge on any atom is -0.493 e. The van der Waals surface area contributed by atoms with Crippen LogP contribution in [0, 0.1) is 29.1 Å². The maximum Gasteiger partial charge on any atom is 0.278 e. The molecule has 4 saturated carbocycles. The zero-order valence-corrected chi connectivity index (χ0v) is 19.2. The van der Waals surface area contributed by atoms with Crippen LogP contribution >= 0.6 is 0 Å². The van der Waals surface area contributed by atoms with Crippen molar-refractivity contribution in [2.45, 2.75) is 57.0 Å². The van der Waals surface area contributed by atoms with Crippen LogP contribution in [0.2, 0.25) is 0 Å². The van der Waals surface area contributed by atoms with Crippen molar-refractivity contribution >= 4 is 5.91 Å². The maximum absolute atomic E-state index is 13.6. The van der Waals surface area contributed by atoms with Crippen molar-refractivity contribution in [3.8, 4) is 17.6 Å². The molecular weight excluding hydrogens is 390 g/mol. The van der Waals surface area contributed by atoms with Gasteiger partial charge in [-0.2, -0.15) is 5.26 Å². The Morgan fingerprint density at radius 2 is 1.81 bits per heavy atom. The molecule has 0 heterocycles. The molecule has 4 bridgehead atoms. The second-order valence-electron chi connectivity index (χ2n) is 10.1. The van der Waals surface area contributed by atoms with E-state index in [-0.39, 0.29) is 11.4 Å². The smallest absolute Gasteiger partial charge is 0.278 e. The highest BCUT2D eigenvalue weighted by Crippen LogP contribution is 2.57. The van der Waals surface area contributed by atoms with Gasteiger partial charge in [0.15, 0.2) is 18.0 Å². The number of amides is 1. The largest absolute Gasteiger partial charge is 0.493 e. The van der Waals surface area contributed by atoms with E-state index in [0.717, 1.165) is 53.2 Å². The Labute approximate surface area is 186 Å². The van der Waals surface area contributed by atoms with E-state index in [4.69, 9.17) is 9.47 Å². The first kappa shape index (κ1) is 22.0. The summed E-state index contributed by atoms with van der Waals surface area (Å²) in [5.74, 6) is 3.96. The lowest BCUT2D eigenvalue weighted by atomic mass is 9.52. The van der Waals surface area contributed by atoms with Gasteiger partial charge < -0.3 is 19.3 Å². The Hall–Kier alpha value is -2.26. The highest BCUT2D eigenvalue weighted by Gasteiger charge is 2.54. The second-order valence-corrected chi connectivity index (χ2v) is 10.1. The number of likely N-dealkylation sites (N-methyl/N-ethyl adjacent to an activating group) is 1. The van der Waals surface area contributed by atoms with Crippen molar-refractivity contribution in [1.82, 2.24) is 4.90 Å². The predicted molar refractivity (Wildman–Crippen MR) is 118 cm³/mol. The average Bonchev–Trinajstić information content (AvgIpc) is 2.72. The van der Waals surface area contributed by atoms with Gasteiger partial charge in [-0.05, 0) is 68.4 Å². The zero-order valence-electron chi connectivity index (χ0n) is 19.2. The van der Waals surface area contributed by atoms with Gasteiger partial charge in [0.05, 0.1) is 39.3 Å². The lowest BCUT2D eigenvalue weighted by molar-refractivity contribution is -0.885. The summed E-state index contributed by atoms with van der Waals surface area (Å²) in [7, 11) is 5.34. The van der Waals surface area contributed by atoms with Gasteiger partial charge in [0.25, 0.3) is 5.91 Å². The van der Waals surface area contributed by atoms with E-state index in [1.807, 2.05) is 18.2 Å². The van der Waals surface area contributed by atoms with Gasteiger partial charge in [-0.15, -0.1) is 0 Å². The van der Waals surface area contributed by atoms with Crippen LogP contribution in [-0.4, -0.2) is 50.7 Å². The first-order valence-electron chi connectivity index (χ1n) is 11.7. The first-order chi connectivity index (χ1) is 15.0. The summed E-state index contributed by atoms with van der Waals surface area (Å²) in [4.78, 5) is 16.8. The van der Waals surface area contributed by atoms with E-state index in [2.05, 4.69) is 18.0 Å². The van der Waals surface area contributed by atoms with E-state index in [1.54, 1.807) is 14.2 Å². The third-order valence-electron chi connectivity index (χ3n) is 7.76. The molecule has 6 nitrogen and oxygen atoms in total. The minimum absolute atomic E-state index is 0.00335. The van der Waals surface area contributed by atoms with Crippen LogP contribution in [0.15, 0.2) is 18.2 Å². The number of quaternary nitrogens is 1. The van der Waals surface area contributed by atoms with Gasteiger partial charge in [-0.25, -0.2) is 0 Å². The fraction of sp³-hybridized carbons (Fsp3) is 0.680. The number of nitrogens with one attached hydrogen (secondary N) is 1. The number of nitrogens with zero attached hydrogens (tertiary/aromatic N) is 2. The monoisotopic (exact) mass is 426 g/mol. The molecule has 1 aromatic carbocycles.